The molecule has 3 aliphatic carbocycles. The van der Waals surface area contributed by atoms with Gasteiger partial charge in [-0.2, -0.15) is 0 Å². The van der Waals surface area contributed by atoms with E-state index in [4.69, 9.17) is 0 Å². The van der Waals surface area contributed by atoms with Gasteiger partial charge in [0.25, 0.3) is 0 Å². The largest absolute Gasteiger partial charge is 0.393 e. The van der Waals surface area contributed by atoms with Crippen LogP contribution in [0.3, 0.4) is 0 Å². The number of aliphatic hydroxyl groups is 2. The number of rotatable bonds is 6. The number of aliphatic hydroxyl groups excluding tert-OH is 1. The fraction of sp³-hybridized carbons (Fsp3) is 0.778. The summed E-state index contributed by atoms with van der Waals surface area (Å²) in [6, 6.07) is 0. The first-order valence-electron chi connectivity index (χ1n) is 12.1. The molecule has 2 nitrogen and oxygen atoms in total. The van der Waals surface area contributed by atoms with E-state index in [0.29, 0.717) is 5.41 Å². The van der Waals surface area contributed by atoms with Gasteiger partial charge in [-0.15, -0.1) is 0 Å². The molecule has 2 N–H and O–H groups in total. The molecule has 0 saturated heterocycles. The van der Waals surface area contributed by atoms with Gasteiger partial charge in [-0.3, -0.25) is 0 Å². The van der Waals surface area contributed by atoms with Crippen molar-refractivity contribution in [3.05, 3.63) is 35.5 Å². The summed E-state index contributed by atoms with van der Waals surface area (Å²) in [5.74, 6) is 2.26. The summed E-state index contributed by atoms with van der Waals surface area (Å²) < 4.78 is 0. The second kappa shape index (κ2) is 9.10. The molecule has 0 heterocycles. The van der Waals surface area contributed by atoms with Crippen LogP contribution in [0.15, 0.2) is 35.5 Å². The molecule has 0 aromatic carbocycles. The molecule has 2 heteroatoms. The maximum Gasteiger partial charge on any atom is 0.0591 e. The van der Waals surface area contributed by atoms with Gasteiger partial charge in [0.1, 0.15) is 0 Å². The molecular formula is C27H44O2. The van der Waals surface area contributed by atoms with Crippen molar-refractivity contribution in [1.82, 2.24) is 0 Å². The van der Waals surface area contributed by atoms with Gasteiger partial charge in [0, 0.05) is 0 Å². The van der Waals surface area contributed by atoms with Crippen LogP contribution in [0.2, 0.25) is 0 Å². The predicted molar refractivity (Wildman–Crippen MR) is 123 cm³/mol. The van der Waals surface area contributed by atoms with Crippen molar-refractivity contribution in [3.8, 4) is 0 Å². The van der Waals surface area contributed by atoms with Gasteiger partial charge in [0.05, 0.1) is 11.7 Å². The van der Waals surface area contributed by atoms with E-state index in [2.05, 4.69) is 32.6 Å². The normalized spacial score (nSPS) is 37.2. The minimum absolute atomic E-state index is 0.192. The quantitative estimate of drug-likeness (QED) is 0.518. The van der Waals surface area contributed by atoms with Gasteiger partial charge >= 0.3 is 0 Å². The molecule has 0 radical (unpaired) electrons. The number of fused-ring (bicyclic) bond motifs is 1. The lowest BCUT2D eigenvalue weighted by molar-refractivity contribution is 0.0596. The van der Waals surface area contributed by atoms with Gasteiger partial charge in [-0.05, 0) is 100 Å². The van der Waals surface area contributed by atoms with Crippen LogP contribution in [0.1, 0.15) is 98.3 Å². The second-order valence-corrected chi connectivity index (χ2v) is 11.2. The van der Waals surface area contributed by atoms with Crippen molar-refractivity contribution in [2.45, 2.75) is 110 Å². The van der Waals surface area contributed by atoms with Gasteiger partial charge in [0.15, 0.2) is 0 Å². The lowest BCUT2D eigenvalue weighted by atomic mass is 9.60. The summed E-state index contributed by atoms with van der Waals surface area (Å²) in [5.41, 5.74) is 4.02. The third-order valence-electron chi connectivity index (χ3n) is 8.36. The van der Waals surface area contributed by atoms with Crippen molar-refractivity contribution in [3.63, 3.8) is 0 Å². The summed E-state index contributed by atoms with van der Waals surface area (Å²) in [6.45, 7) is 13.1. The van der Waals surface area contributed by atoms with E-state index in [1.165, 1.54) is 49.7 Å². The summed E-state index contributed by atoms with van der Waals surface area (Å²) in [7, 11) is 0. The fourth-order valence-corrected chi connectivity index (χ4v) is 6.67. The molecule has 3 saturated carbocycles. The van der Waals surface area contributed by atoms with E-state index in [-0.39, 0.29) is 6.10 Å². The van der Waals surface area contributed by atoms with Crippen LogP contribution in [0.5, 0.6) is 0 Å². The van der Waals surface area contributed by atoms with Crippen molar-refractivity contribution in [2.24, 2.45) is 23.2 Å². The molecule has 0 aromatic rings. The average Bonchev–Trinajstić information content (AvgIpc) is 2.99. The molecule has 164 valence electrons. The highest BCUT2D eigenvalue weighted by Gasteiger charge is 2.50. The lowest BCUT2D eigenvalue weighted by Gasteiger charge is -2.44. The number of hydrogen-bond acceptors (Lipinski definition) is 2. The molecule has 0 aromatic heterocycles. The van der Waals surface area contributed by atoms with Crippen LogP contribution in [0.25, 0.3) is 0 Å². The Morgan fingerprint density at radius 2 is 1.97 bits per heavy atom. The van der Waals surface area contributed by atoms with Crippen LogP contribution >= 0.6 is 0 Å². The maximum atomic E-state index is 10.0. The zero-order chi connectivity index (χ0) is 21.2. The Bertz CT molecular complexity index is 650. The van der Waals surface area contributed by atoms with Gasteiger partial charge in [-0.1, -0.05) is 56.6 Å². The smallest absolute Gasteiger partial charge is 0.0591 e. The first-order chi connectivity index (χ1) is 13.6. The van der Waals surface area contributed by atoms with Gasteiger partial charge in [0.2, 0.25) is 0 Å². The van der Waals surface area contributed by atoms with E-state index in [0.717, 1.165) is 49.9 Å². The lowest BCUT2D eigenvalue weighted by Crippen LogP contribution is -2.36. The third kappa shape index (κ3) is 5.44. The maximum absolute atomic E-state index is 10.0. The van der Waals surface area contributed by atoms with Crippen LogP contribution in [0, 0.1) is 23.2 Å². The first kappa shape index (κ1) is 22.8. The Balaban J connectivity index is 1.68. The average molecular weight is 401 g/mol. The summed E-state index contributed by atoms with van der Waals surface area (Å²) >= 11 is 0. The van der Waals surface area contributed by atoms with E-state index in [1.807, 2.05) is 13.8 Å². The van der Waals surface area contributed by atoms with Crippen molar-refractivity contribution in [1.29, 1.82) is 0 Å². The summed E-state index contributed by atoms with van der Waals surface area (Å²) in [5, 5.41) is 20.1. The highest BCUT2D eigenvalue weighted by atomic mass is 16.3. The summed E-state index contributed by atoms with van der Waals surface area (Å²) in [4.78, 5) is 0. The topological polar surface area (TPSA) is 40.5 Å². The van der Waals surface area contributed by atoms with E-state index in [9.17, 15) is 10.2 Å². The standard InChI is InChI=1S/C27H44O2/c1-19-10-13-23(28)18-22(19)12-11-21-9-7-17-27(5)24(14-15-25(21)27)20(2)8-6-16-26(3,4)29/h11-12,20,23-25,28-29H,1,6-10,13-18H2,2-5H3/b21-11-,22-12-/t20-,23+,24-,25+,27+/m1/s1. The van der Waals surface area contributed by atoms with Gasteiger partial charge < -0.3 is 10.2 Å². The zero-order valence-corrected chi connectivity index (χ0v) is 19.3. The van der Waals surface area contributed by atoms with Crippen LogP contribution in [0.4, 0.5) is 0 Å². The Morgan fingerprint density at radius 3 is 2.69 bits per heavy atom. The Kier molecular flexibility index (Phi) is 7.16. The highest BCUT2D eigenvalue weighted by Crippen LogP contribution is 2.60. The van der Waals surface area contributed by atoms with Crippen molar-refractivity contribution >= 4 is 0 Å². The van der Waals surface area contributed by atoms with E-state index < -0.39 is 5.60 Å². The molecule has 0 spiro atoms. The monoisotopic (exact) mass is 400 g/mol. The van der Waals surface area contributed by atoms with Gasteiger partial charge in [-0.25, -0.2) is 0 Å². The first-order valence-corrected chi connectivity index (χ1v) is 12.1. The third-order valence-corrected chi connectivity index (χ3v) is 8.36. The molecule has 3 aliphatic rings. The van der Waals surface area contributed by atoms with Crippen LogP contribution in [-0.4, -0.2) is 21.9 Å². The van der Waals surface area contributed by atoms with Crippen LogP contribution < -0.4 is 0 Å². The molecular weight excluding hydrogens is 356 g/mol. The predicted octanol–water partition coefficient (Wildman–Crippen LogP) is 6.73. The zero-order valence-electron chi connectivity index (χ0n) is 19.3. The Hall–Kier alpha value is -0.860. The molecule has 0 unspecified atom stereocenters. The highest BCUT2D eigenvalue weighted by molar-refractivity contribution is 5.36. The van der Waals surface area contributed by atoms with Crippen molar-refractivity contribution < 1.29 is 10.2 Å². The van der Waals surface area contributed by atoms with Crippen LogP contribution in [-0.2, 0) is 0 Å². The number of allylic oxidation sites excluding steroid dienone is 4. The minimum atomic E-state index is -0.535. The fourth-order valence-electron chi connectivity index (χ4n) is 6.67. The molecule has 0 amide bonds. The number of hydrogen-bond donors (Lipinski definition) is 2. The molecule has 29 heavy (non-hydrogen) atoms. The van der Waals surface area contributed by atoms with E-state index >= 15 is 0 Å². The second-order valence-electron chi connectivity index (χ2n) is 11.2. The minimum Gasteiger partial charge on any atom is -0.393 e. The SMILES string of the molecule is C=C1CC[C@H](O)C/C1=C/C=C1/CCC[C@@]2(C)[C@@H]([C@H](C)CCCC(C)(C)O)CC[C@@H]12. The molecule has 3 rings (SSSR count). The Labute approximate surface area is 179 Å². The molecule has 0 bridgehead atoms. The molecule has 0 aliphatic heterocycles. The Morgan fingerprint density at radius 1 is 1.21 bits per heavy atom. The van der Waals surface area contributed by atoms with E-state index in [1.54, 1.807) is 5.57 Å². The van der Waals surface area contributed by atoms with Crippen molar-refractivity contribution in [2.75, 3.05) is 0 Å². The summed E-state index contributed by atoms with van der Waals surface area (Å²) in [6.07, 6.45) is 16.9. The molecule has 5 atom stereocenters. The molecule has 3 fully saturated rings.